The second kappa shape index (κ2) is 7.51. The quantitative estimate of drug-likeness (QED) is 0.795. The summed E-state index contributed by atoms with van der Waals surface area (Å²) < 4.78 is 50.2. The number of hydrogen-bond donors (Lipinski definition) is 1. The summed E-state index contributed by atoms with van der Waals surface area (Å²) in [4.78, 5) is 10.8. The van der Waals surface area contributed by atoms with Crippen molar-refractivity contribution in [3.63, 3.8) is 0 Å². The van der Waals surface area contributed by atoms with E-state index in [0.717, 1.165) is 6.07 Å². The zero-order valence-electron chi connectivity index (χ0n) is 10.8. The summed E-state index contributed by atoms with van der Waals surface area (Å²) in [7, 11) is 0. The van der Waals surface area contributed by atoms with Gasteiger partial charge in [0.15, 0.2) is 6.10 Å². The van der Waals surface area contributed by atoms with E-state index in [1.807, 2.05) is 0 Å². The lowest BCUT2D eigenvalue weighted by Crippen LogP contribution is -2.30. The van der Waals surface area contributed by atoms with E-state index in [-0.39, 0.29) is 23.4 Å². The molecule has 0 spiro atoms. The van der Waals surface area contributed by atoms with Crippen molar-refractivity contribution in [2.24, 2.45) is 0 Å². The third kappa shape index (κ3) is 6.21. The minimum absolute atomic E-state index is 0.0283. The number of carboxylic acids is 1. The molecule has 0 radical (unpaired) electrons. The molecule has 9 heteroatoms. The lowest BCUT2D eigenvalue weighted by molar-refractivity contribution is -0.274. The molecule has 0 aromatic heterocycles. The van der Waals surface area contributed by atoms with Crippen LogP contribution in [0.4, 0.5) is 13.2 Å². The Labute approximate surface area is 126 Å². The molecular weight excluding hydrogens is 361 g/mol. The number of ether oxygens (including phenoxy) is 3. The zero-order valence-corrected chi connectivity index (χ0v) is 12.4. The highest BCUT2D eigenvalue weighted by Crippen LogP contribution is 2.33. The molecule has 0 aliphatic heterocycles. The maximum Gasteiger partial charge on any atom is 0.573 e. The van der Waals surface area contributed by atoms with E-state index in [1.54, 1.807) is 6.92 Å². The number of hydrogen-bond acceptors (Lipinski definition) is 4. The molecule has 21 heavy (non-hydrogen) atoms. The summed E-state index contributed by atoms with van der Waals surface area (Å²) in [5.74, 6) is -1.43. The topological polar surface area (TPSA) is 65.0 Å². The number of rotatable bonds is 7. The standard InChI is InChI=1S/C12H12BrF3O5/c1-2-19-10(11(17)18)6-20-7-3-4-9(8(13)5-7)21-12(14,15)16/h3-5,10H,2,6H2,1H3,(H,17,18). The SMILES string of the molecule is CCOC(COc1ccc(OC(F)(F)F)c(Br)c1)C(=O)O. The molecule has 1 aromatic rings. The van der Waals surface area contributed by atoms with E-state index in [9.17, 15) is 18.0 Å². The van der Waals surface area contributed by atoms with E-state index in [1.165, 1.54) is 12.1 Å². The van der Waals surface area contributed by atoms with Gasteiger partial charge in [0.25, 0.3) is 0 Å². The molecule has 1 N–H and O–H groups in total. The number of aliphatic carboxylic acids is 1. The first-order valence-corrected chi connectivity index (χ1v) is 6.54. The average molecular weight is 373 g/mol. The second-order valence-corrected chi connectivity index (χ2v) is 4.59. The van der Waals surface area contributed by atoms with Crippen LogP contribution in [0, 0.1) is 0 Å². The van der Waals surface area contributed by atoms with Gasteiger partial charge in [-0.1, -0.05) is 0 Å². The largest absolute Gasteiger partial charge is 0.573 e. The Morgan fingerprint density at radius 3 is 2.57 bits per heavy atom. The Hall–Kier alpha value is -1.48. The first-order chi connectivity index (χ1) is 9.73. The Kier molecular flexibility index (Phi) is 6.28. The Bertz CT molecular complexity index is 492. The summed E-state index contributed by atoms with van der Waals surface area (Å²) in [6.07, 6.45) is -5.95. The van der Waals surface area contributed by atoms with E-state index in [0.29, 0.717) is 0 Å². The monoisotopic (exact) mass is 372 g/mol. The molecule has 118 valence electrons. The second-order valence-electron chi connectivity index (χ2n) is 3.73. The van der Waals surface area contributed by atoms with Gasteiger partial charge in [-0.2, -0.15) is 0 Å². The molecular formula is C12H12BrF3O5. The van der Waals surface area contributed by atoms with Crippen molar-refractivity contribution in [1.82, 2.24) is 0 Å². The molecule has 0 bridgehead atoms. The van der Waals surface area contributed by atoms with Crippen LogP contribution >= 0.6 is 15.9 Å². The predicted molar refractivity (Wildman–Crippen MR) is 69.4 cm³/mol. The highest BCUT2D eigenvalue weighted by Gasteiger charge is 2.32. The maximum atomic E-state index is 12.1. The highest BCUT2D eigenvalue weighted by atomic mass is 79.9. The highest BCUT2D eigenvalue weighted by molar-refractivity contribution is 9.10. The summed E-state index contributed by atoms with van der Waals surface area (Å²) in [5.41, 5.74) is 0. The third-order valence-electron chi connectivity index (χ3n) is 2.17. The van der Waals surface area contributed by atoms with Gasteiger partial charge in [-0.05, 0) is 41.1 Å². The van der Waals surface area contributed by atoms with Gasteiger partial charge in [0.1, 0.15) is 18.1 Å². The number of carboxylic acid groups (broad SMARTS) is 1. The lowest BCUT2D eigenvalue weighted by Gasteiger charge is -2.15. The third-order valence-corrected chi connectivity index (χ3v) is 2.79. The van der Waals surface area contributed by atoms with Crippen molar-refractivity contribution in [3.05, 3.63) is 22.7 Å². The van der Waals surface area contributed by atoms with Crippen molar-refractivity contribution < 1.29 is 37.3 Å². The van der Waals surface area contributed by atoms with Crippen molar-refractivity contribution in [2.45, 2.75) is 19.4 Å². The van der Waals surface area contributed by atoms with Crippen LogP contribution in [0.25, 0.3) is 0 Å². The van der Waals surface area contributed by atoms with Gasteiger partial charge in [-0.3, -0.25) is 0 Å². The molecule has 0 aliphatic rings. The van der Waals surface area contributed by atoms with Crippen LogP contribution in [-0.2, 0) is 9.53 Å². The summed E-state index contributed by atoms with van der Waals surface area (Å²) >= 11 is 2.91. The number of benzene rings is 1. The molecule has 1 rings (SSSR count). The number of carbonyl (C=O) groups is 1. The lowest BCUT2D eigenvalue weighted by atomic mass is 10.3. The summed E-state index contributed by atoms with van der Waals surface area (Å²) in [6, 6.07) is 3.53. The molecule has 0 aliphatic carbocycles. The molecule has 0 heterocycles. The van der Waals surface area contributed by atoms with Gasteiger partial charge in [0.2, 0.25) is 0 Å². The van der Waals surface area contributed by atoms with Crippen molar-refractivity contribution in [3.8, 4) is 11.5 Å². The van der Waals surface area contributed by atoms with Crippen LogP contribution in [0.3, 0.4) is 0 Å². The van der Waals surface area contributed by atoms with Crippen molar-refractivity contribution >= 4 is 21.9 Å². The van der Waals surface area contributed by atoms with Crippen LogP contribution in [0.15, 0.2) is 22.7 Å². The van der Waals surface area contributed by atoms with Crippen LogP contribution < -0.4 is 9.47 Å². The fraction of sp³-hybridized carbons (Fsp3) is 0.417. The van der Waals surface area contributed by atoms with Gasteiger partial charge in [-0.25, -0.2) is 4.79 Å². The molecule has 1 atom stereocenters. The zero-order chi connectivity index (χ0) is 16.0. The van der Waals surface area contributed by atoms with Gasteiger partial charge >= 0.3 is 12.3 Å². The molecule has 0 saturated carbocycles. The molecule has 0 fully saturated rings. The van der Waals surface area contributed by atoms with E-state index < -0.39 is 24.2 Å². The fourth-order valence-electron chi connectivity index (χ4n) is 1.34. The summed E-state index contributed by atoms with van der Waals surface area (Å²) in [5, 5.41) is 8.85. The van der Waals surface area contributed by atoms with Gasteiger partial charge < -0.3 is 19.3 Å². The van der Waals surface area contributed by atoms with E-state index in [4.69, 9.17) is 14.6 Å². The smallest absolute Gasteiger partial charge is 0.490 e. The van der Waals surface area contributed by atoms with Gasteiger partial charge in [0, 0.05) is 6.61 Å². The molecule has 1 unspecified atom stereocenters. The van der Waals surface area contributed by atoms with Crippen LogP contribution in [0.2, 0.25) is 0 Å². The summed E-state index contributed by atoms with van der Waals surface area (Å²) in [6.45, 7) is 1.56. The van der Waals surface area contributed by atoms with Crippen molar-refractivity contribution in [2.75, 3.05) is 13.2 Å². The van der Waals surface area contributed by atoms with Gasteiger partial charge in [0.05, 0.1) is 4.47 Å². The minimum atomic E-state index is -4.80. The molecule has 0 saturated heterocycles. The molecule has 0 amide bonds. The normalized spacial score (nSPS) is 12.8. The van der Waals surface area contributed by atoms with Gasteiger partial charge in [-0.15, -0.1) is 13.2 Å². The Morgan fingerprint density at radius 1 is 1.43 bits per heavy atom. The maximum absolute atomic E-state index is 12.1. The minimum Gasteiger partial charge on any atom is -0.490 e. The Morgan fingerprint density at radius 2 is 2.10 bits per heavy atom. The van der Waals surface area contributed by atoms with E-state index >= 15 is 0 Å². The Balaban J connectivity index is 2.69. The number of alkyl halides is 3. The number of halogens is 4. The van der Waals surface area contributed by atoms with Crippen LogP contribution in [0.1, 0.15) is 6.92 Å². The first-order valence-electron chi connectivity index (χ1n) is 5.75. The van der Waals surface area contributed by atoms with Crippen LogP contribution in [-0.4, -0.2) is 36.8 Å². The molecule has 5 nitrogen and oxygen atoms in total. The average Bonchev–Trinajstić information content (AvgIpc) is 2.35. The predicted octanol–water partition coefficient (Wildman–Crippen LogP) is 3.22. The van der Waals surface area contributed by atoms with Crippen LogP contribution in [0.5, 0.6) is 11.5 Å². The molecule has 1 aromatic carbocycles. The van der Waals surface area contributed by atoms with E-state index in [2.05, 4.69) is 20.7 Å². The van der Waals surface area contributed by atoms with Crippen molar-refractivity contribution in [1.29, 1.82) is 0 Å². The first kappa shape index (κ1) is 17.6. The fourth-order valence-corrected chi connectivity index (χ4v) is 1.78.